The zero-order valence-corrected chi connectivity index (χ0v) is 25.5. The molecule has 2 aromatic rings. The molecule has 0 radical (unpaired) electrons. The van der Waals surface area contributed by atoms with E-state index in [1.165, 1.54) is 6.42 Å². The molecule has 8 heteroatoms. The van der Waals surface area contributed by atoms with Gasteiger partial charge in [0.15, 0.2) is 0 Å². The number of hydrogen-bond donors (Lipinski definition) is 4. The molecular weight excluding hydrogens is 530 g/mol. The Bertz CT molecular complexity index is 1280. The number of aliphatic hydroxyl groups excluding tert-OH is 2. The Balaban J connectivity index is 1.35. The minimum atomic E-state index is -0.841. The number of nitrogens with one attached hydrogen (secondary N) is 2. The molecule has 8 atom stereocenters. The number of hydroxylamine groups is 2. The number of carbonyl (C=O) groups excluding carboxylic acids is 2. The molecule has 42 heavy (non-hydrogen) atoms. The highest BCUT2D eigenvalue weighted by atomic mass is 16.7. The van der Waals surface area contributed by atoms with E-state index in [0.29, 0.717) is 41.8 Å². The average molecular weight is 578 g/mol. The third-order valence-corrected chi connectivity index (χ3v) is 10.3. The van der Waals surface area contributed by atoms with Crippen molar-refractivity contribution in [3.05, 3.63) is 59.7 Å². The number of amides is 2. The fraction of sp³-hybridized carbons (Fsp3) is 0.588. The van der Waals surface area contributed by atoms with Crippen LogP contribution in [0.15, 0.2) is 48.5 Å². The lowest BCUT2D eigenvalue weighted by Gasteiger charge is -2.62. The minimum absolute atomic E-state index is 0.0871. The molecule has 2 aromatic carbocycles. The molecule has 3 saturated carbocycles. The number of fused-ring (bicyclic) bond motifs is 2. The van der Waals surface area contributed by atoms with E-state index < -0.39 is 24.2 Å². The maximum atomic E-state index is 13.9. The van der Waals surface area contributed by atoms with Crippen LogP contribution in [0.3, 0.4) is 0 Å². The number of aliphatic hydroxyl groups is 2. The summed E-state index contributed by atoms with van der Waals surface area (Å²) in [5.41, 5.74) is 3.71. The molecule has 2 bridgehead atoms. The zero-order valence-electron chi connectivity index (χ0n) is 25.5. The van der Waals surface area contributed by atoms with Crippen LogP contribution < -0.4 is 10.6 Å². The van der Waals surface area contributed by atoms with Gasteiger partial charge in [-0.25, -0.2) is 0 Å². The van der Waals surface area contributed by atoms with Crippen LogP contribution in [-0.2, 0) is 16.2 Å². The van der Waals surface area contributed by atoms with Crippen molar-refractivity contribution < 1.29 is 24.6 Å². The topological polar surface area (TPSA) is 111 Å². The fourth-order valence-electron chi connectivity index (χ4n) is 7.69. The smallest absolute Gasteiger partial charge is 0.251 e. The van der Waals surface area contributed by atoms with E-state index in [1.54, 1.807) is 12.0 Å². The van der Waals surface area contributed by atoms with Crippen molar-refractivity contribution in [2.75, 3.05) is 13.2 Å². The molecule has 1 saturated heterocycles. The molecule has 6 rings (SSSR count). The summed E-state index contributed by atoms with van der Waals surface area (Å²) in [6, 6.07) is 14.8. The van der Waals surface area contributed by atoms with Gasteiger partial charge in [-0.1, -0.05) is 58.0 Å². The fourth-order valence-corrected chi connectivity index (χ4v) is 7.69. The molecule has 8 nitrogen and oxygen atoms in total. The average Bonchev–Trinajstić information content (AvgIpc) is 3.35. The standard InChI is InChI=1S/C34H47N3O5/c1-6-13-35-32(40)25-12-8-11-24(15-25)23-10-7-9-22(14-23)18-37-31(30(21(3)39)29(19-38)42-37)33(41)36-28-17-26-16-27(20(28)2)34(26,4)5/h7-12,14-15,20-21,26-31,38-39H,6,13,16-19H2,1-5H3,(H,35,40)(H,36,41)/t20-,21-,26+,27-,28-,29-,30+,31-/m0/s1. The number of carbonyl (C=O) groups is 2. The van der Waals surface area contributed by atoms with Crippen LogP contribution in [0.25, 0.3) is 11.1 Å². The lowest BCUT2D eigenvalue weighted by molar-refractivity contribution is -0.183. The van der Waals surface area contributed by atoms with Crippen LogP contribution in [0.4, 0.5) is 0 Å². The van der Waals surface area contributed by atoms with Crippen LogP contribution in [-0.4, -0.2) is 64.5 Å². The number of hydrogen-bond acceptors (Lipinski definition) is 6. The van der Waals surface area contributed by atoms with Gasteiger partial charge >= 0.3 is 0 Å². The minimum Gasteiger partial charge on any atom is -0.394 e. The number of benzene rings is 2. The van der Waals surface area contributed by atoms with Crippen molar-refractivity contribution in [3.8, 4) is 11.1 Å². The Morgan fingerprint density at radius 2 is 1.83 bits per heavy atom. The summed E-state index contributed by atoms with van der Waals surface area (Å²) in [6.07, 6.45) is 1.54. The molecule has 2 amide bonds. The van der Waals surface area contributed by atoms with Gasteiger partial charge < -0.3 is 20.8 Å². The predicted octanol–water partition coefficient (Wildman–Crippen LogP) is 4.15. The quantitative estimate of drug-likeness (QED) is 0.338. The molecule has 1 aliphatic heterocycles. The third-order valence-electron chi connectivity index (χ3n) is 10.3. The third kappa shape index (κ3) is 5.87. The highest BCUT2D eigenvalue weighted by Gasteiger charge is 2.57. The first kappa shape index (κ1) is 30.7. The van der Waals surface area contributed by atoms with Gasteiger partial charge in [-0.2, -0.15) is 5.06 Å². The Morgan fingerprint density at radius 3 is 2.48 bits per heavy atom. The summed E-state index contributed by atoms with van der Waals surface area (Å²) in [6.45, 7) is 11.2. The van der Waals surface area contributed by atoms with E-state index in [-0.39, 0.29) is 24.5 Å². The van der Waals surface area contributed by atoms with Crippen LogP contribution in [0.1, 0.15) is 69.8 Å². The Kier molecular flexibility index (Phi) is 9.09. The highest BCUT2D eigenvalue weighted by Crippen LogP contribution is 2.61. The second kappa shape index (κ2) is 12.4. The van der Waals surface area contributed by atoms with Gasteiger partial charge in [0.2, 0.25) is 5.91 Å². The summed E-state index contributed by atoms with van der Waals surface area (Å²) in [4.78, 5) is 32.6. The molecule has 0 spiro atoms. The van der Waals surface area contributed by atoms with Gasteiger partial charge in [0.1, 0.15) is 12.1 Å². The zero-order chi connectivity index (χ0) is 30.2. The van der Waals surface area contributed by atoms with Gasteiger partial charge in [-0.15, -0.1) is 0 Å². The van der Waals surface area contributed by atoms with Gasteiger partial charge in [-0.05, 0) is 84.2 Å². The van der Waals surface area contributed by atoms with E-state index in [1.807, 2.05) is 55.5 Å². The first-order valence-corrected chi connectivity index (χ1v) is 15.5. The summed E-state index contributed by atoms with van der Waals surface area (Å²) >= 11 is 0. The molecular formula is C34H47N3O5. The van der Waals surface area contributed by atoms with Crippen LogP contribution in [0.5, 0.6) is 0 Å². The van der Waals surface area contributed by atoms with Crippen LogP contribution in [0, 0.1) is 29.1 Å². The Hall–Kier alpha value is -2.78. The number of nitrogens with zero attached hydrogens (tertiary/aromatic N) is 1. The van der Waals surface area contributed by atoms with Gasteiger partial charge in [0.05, 0.1) is 19.3 Å². The van der Waals surface area contributed by atoms with Crippen molar-refractivity contribution in [1.82, 2.24) is 15.7 Å². The number of rotatable bonds is 10. The Labute approximate surface area is 249 Å². The summed E-state index contributed by atoms with van der Waals surface area (Å²) in [5.74, 6) is 0.753. The van der Waals surface area contributed by atoms with E-state index in [0.717, 1.165) is 29.5 Å². The molecule has 0 aromatic heterocycles. The second-order valence-electron chi connectivity index (χ2n) is 13.3. The van der Waals surface area contributed by atoms with Gasteiger partial charge in [0.25, 0.3) is 5.91 Å². The van der Waals surface area contributed by atoms with E-state index in [9.17, 15) is 19.8 Å². The molecule has 0 unspecified atom stereocenters. The maximum Gasteiger partial charge on any atom is 0.251 e. The lowest BCUT2D eigenvalue weighted by atomic mass is 9.45. The van der Waals surface area contributed by atoms with Crippen molar-refractivity contribution in [3.63, 3.8) is 0 Å². The van der Waals surface area contributed by atoms with Crippen molar-refractivity contribution in [1.29, 1.82) is 0 Å². The van der Waals surface area contributed by atoms with E-state index >= 15 is 0 Å². The highest BCUT2D eigenvalue weighted by molar-refractivity contribution is 5.95. The molecule has 228 valence electrons. The lowest BCUT2D eigenvalue weighted by Crippen LogP contribution is -2.62. The first-order chi connectivity index (χ1) is 20.0. The first-order valence-electron chi connectivity index (χ1n) is 15.5. The monoisotopic (exact) mass is 577 g/mol. The summed E-state index contributed by atoms with van der Waals surface area (Å²) in [7, 11) is 0. The van der Waals surface area contributed by atoms with Crippen LogP contribution >= 0.6 is 0 Å². The summed E-state index contributed by atoms with van der Waals surface area (Å²) in [5, 5.41) is 28.7. The van der Waals surface area contributed by atoms with Gasteiger partial charge in [0, 0.05) is 24.1 Å². The molecule has 4 fully saturated rings. The summed E-state index contributed by atoms with van der Waals surface area (Å²) < 4.78 is 0. The normalized spacial score (nSPS) is 30.8. The van der Waals surface area contributed by atoms with Crippen LogP contribution in [0.2, 0.25) is 0 Å². The molecule has 4 N–H and O–H groups in total. The largest absolute Gasteiger partial charge is 0.394 e. The Morgan fingerprint density at radius 1 is 1.12 bits per heavy atom. The van der Waals surface area contributed by atoms with Crippen molar-refractivity contribution in [2.24, 2.45) is 29.1 Å². The van der Waals surface area contributed by atoms with Crippen molar-refractivity contribution >= 4 is 11.8 Å². The molecule has 4 aliphatic rings. The molecule has 3 aliphatic carbocycles. The van der Waals surface area contributed by atoms with E-state index in [2.05, 4.69) is 31.4 Å². The van der Waals surface area contributed by atoms with Gasteiger partial charge in [-0.3, -0.25) is 14.4 Å². The SMILES string of the molecule is CCCNC(=O)c1cccc(-c2cccc(CN3O[C@@H](CO)[C@@H]([C@H](C)O)[C@H]3C(=O)N[C@H]3C[C@H]4C[C@@H]([C@@H]3C)C4(C)C)c2)c1. The van der Waals surface area contributed by atoms with Crippen molar-refractivity contribution in [2.45, 2.75) is 84.7 Å². The van der Waals surface area contributed by atoms with E-state index in [4.69, 9.17) is 4.84 Å². The maximum absolute atomic E-state index is 13.9. The predicted molar refractivity (Wildman–Crippen MR) is 162 cm³/mol. The second-order valence-corrected chi connectivity index (χ2v) is 13.3. The molecule has 1 heterocycles.